The highest BCUT2D eigenvalue weighted by atomic mass is 79.9. The van der Waals surface area contributed by atoms with Crippen LogP contribution < -0.4 is 5.32 Å². The molecular formula is C14H11BrCl2FN. The van der Waals surface area contributed by atoms with Crippen LogP contribution in [-0.2, 0) is 0 Å². The fraction of sp³-hybridized carbons (Fsp3) is 0.143. The topological polar surface area (TPSA) is 12.0 Å². The van der Waals surface area contributed by atoms with Crippen LogP contribution in [0.4, 0.5) is 10.1 Å². The number of hydrogen-bond donors (Lipinski definition) is 1. The first-order valence-corrected chi connectivity index (χ1v) is 7.19. The first-order chi connectivity index (χ1) is 8.97. The van der Waals surface area contributed by atoms with Gasteiger partial charge in [0.05, 0.1) is 11.7 Å². The van der Waals surface area contributed by atoms with Gasteiger partial charge in [-0.3, -0.25) is 0 Å². The molecule has 0 amide bonds. The minimum Gasteiger partial charge on any atom is -0.376 e. The van der Waals surface area contributed by atoms with Crippen molar-refractivity contribution in [3.8, 4) is 0 Å². The average molecular weight is 363 g/mol. The van der Waals surface area contributed by atoms with Gasteiger partial charge in [-0.1, -0.05) is 45.2 Å². The van der Waals surface area contributed by atoms with Crippen LogP contribution in [0.3, 0.4) is 0 Å². The monoisotopic (exact) mass is 361 g/mol. The van der Waals surface area contributed by atoms with Crippen molar-refractivity contribution < 1.29 is 4.39 Å². The van der Waals surface area contributed by atoms with E-state index < -0.39 is 0 Å². The van der Waals surface area contributed by atoms with Crippen molar-refractivity contribution in [2.24, 2.45) is 0 Å². The lowest BCUT2D eigenvalue weighted by molar-refractivity contribution is 0.627. The van der Waals surface area contributed by atoms with Gasteiger partial charge in [-0.05, 0) is 42.8 Å². The van der Waals surface area contributed by atoms with E-state index in [1.54, 1.807) is 24.3 Å². The van der Waals surface area contributed by atoms with Gasteiger partial charge in [-0.2, -0.15) is 0 Å². The molecule has 0 heterocycles. The van der Waals surface area contributed by atoms with Crippen LogP contribution in [0.25, 0.3) is 0 Å². The lowest BCUT2D eigenvalue weighted by Gasteiger charge is -2.18. The minimum atomic E-state index is -0.305. The summed E-state index contributed by atoms with van der Waals surface area (Å²) < 4.78 is 14.5. The summed E-state index contributed by atoms with van der Waals surface area (Å²) in [5.74, 6) is -0.305. The van der Waals surface area contributed by atoms with E-state index in [9.17, 15) is 4.39 Å². The molecule has 0 aliphatic carbocycles. The quantitative estimate of drug-likeness (QED) is 0.698. The van der Waals surface area contributed by atoms with E-state index in [1.165, 1.54) is 6.07 Å². The molecule has 0 radical (unpaired) electrons. The third kappa shape index (κ3) is 3.62. The van der Waals surface area contributed by atoms with E-state index >= 15 is 0 Å². The Balaban J connectivity index is 2.25. The molecule has 5 heteroatoms. The highest BCUT2D eigenvalue weighted by Gasteiger charge is 2.12. The van der Waals surface area contributed by atoms with E-state index in [4.69, 9.17) is 23.2 Å². The predicted molar refractivity (Wildman–Crippen MR) is 82.6 cm³/mol. The van der Waals surface area contributed by atoms with Crippen molar-refractivity contribution >= 4 is 44.8 Å². The molecule has 1 N–H and O–H groups in total. The third-order valence-corrected chi connectivity index (χ3v) is 3.79. The molecule has 0 fully saturated rings. The number of benzene rings is 2. The molecule has 0 aliphatic rings. The second kappa shape index (κ2) is 6.12. The van der Waals surface area contributed by atoms with Crippen LogP contribution >= 0.6 is 39.1 Å². The zero-order valence-electron chi connectivity index (χ0n) is 10.1. The van der Waals surface area contributed by atoms with Gasteiger partial charge in [0.15, 0.2) is 0 Å². The van der Waals surface area contributed by atoms with Crippen LogP contribution in [0.15, 0.2) is 40.9 Å². The molecule has 2 rings (SSSR count). The molecule has 0 saturated carbocycles. The molecule has 0 spiro atoms. The van der Waals surface area contributed by atoms with Crippen LogP contribution in [0, 0.1) is 5.82 Å². The summed E-state index contributed by atoms with van der Waals surface area (Å²) in [6.07, 6.45) is 0. The van der Waals surface area contributed by atoms with E-state index in [0.717, 1.165) is 10.0 Å². The largest absolute Gasteiger partial charge is 0.376 e. The lowest BCUT2D eigenvalue weighted by atomic mass is 10.1. The number of halogens is 4. The molecule has 0 aromatic heterocycles. The maximum absolute atomic E-state index is 13.7. The molecule has 1 nitrogen and oxygen atoms in total. The Kier molecular flexibility index (Phi) is 4.71. The van der Waals surface area contributed by atoms with Crippen molar-refractivity contribution in [1.82, 2.24) is 0 Å². The minimum absolute atomic E-state index is 0.131. The van der Waals surface area contributed by atoms with Crippen LogP contribution in [-0.4, -0.2) is 0 Å². The Labute approximate surface area is 129 Å². The van der Waals surface area contributed by atoms with Crippen LogP contribution in [0.1, 0.15) is 18.5 Å². The molecular weight excluding hydrogens is 352 g/mol. The summed E-state index contributed by atoms with van der Waals surface area (Å²) >= 11 is 15.3. The van der Waals surface area contributed by atoms with E-state index in [2.05, 4.69) is 21.2 Å². The zero-order valence-corrected chi connectivity index (χ0v) is 13.2. The van der Waals surface area contributed by atoms with E-state index in [1.807, 2.05) is 13.0 Å². The lowest BCUT2D eigenvalue weighted by Crippen LogP contribution is -2.08. The van der Waals surface area contributed by atoms with Gasteiger partial charge in [0.25, 0.3) is 0 Å². The van der Waals surface area contributed by atoms with Crippen molar-refractivity contribution in [3.63, 3.8) is 0 Å². The summed E-state index contributed by atoms with van der Waals surface area (Å²) in [7, 11) is 0. The van der Waals surface area contributed by atoms with E-state index in [0.29, 0.717) is 15.7 Å². The Morgan fingerprint density at radius 2 is 1.89 bits per heavy atom. The Morgan fingerprint density at radius 1 is 1.16 bits per heavy atom. The van der Waals surface area contributed by atoms with Gasteiger partial charge in [0.2, 0.25) is 0 Å². The number of hydrogen-bond acceptors (Lipinski definition) is 1. The van der Waals surface area contributed by atoms with Crippen molar-refractivity contribution in [1.29, 1.82) is 0 Å². The smallest absolute Gasteiger partial charge is 0.146 e. The molecule has 1 atom stereocenters. The molecule has 19 heavy (non-hydrogen) atoms. The van der Waals surface area contributed by atoms with Gasteiger partial charge in [-0.15, -0.1) is 0 Å². The molecule has 0 aliphatic heterocycles. The fourth-order valence-corrected chi connectivity index (χ4v) is 2.71. The van der Waals surface area contributed by atoms with Crippen LogP contribution in [0.2, 0.25) is 10.0 Å². The number of rotatable bonds is 3. The number of anilines is 1. The summed E-state index contributed by atoms with van der Waals surface area (Å²) in [4.78, 5) is 0. The fourth-order valence-electron chi connectivity index (χ4n) is 1.77. The molecule has 100 valence electrons. The Bertz CT molecular complexity index is 604. The first-order valence-electron chi connectivity index (χ1n) is 5.64. The Morgan fingerprint density at radius 3 is 2.58 bits per heavy atom. The summed E-state index contributed by atoms with van der Waals surface area (Å²) in [6.45, 7) is 1.91. The highest BCUT2D eigenvalue weighted by Crippen LogP contribution is 2.30. The predicted octanol–water partition coefficient (Wildman–Crippen LogP) is 6.07. The van der Waals surface area contributed by atoms with Gasteiger partial charge < -0.3 is 5.32 Å². The van der Waals surface area contributed by atoms with Crippen LogP contribution in [0.5, 0.6) is 0 Å². The molecule has 1 unspecified atom stereocenters. The van der Waals surface area contributed by atoms with Crippen molar-refractivity contribution in [2.45, 2.75) is 13.0 Å². The van der Waals surface area contributed by atoms with Gasteiger partial charge in [-0.25, -0.2) is 4.39 Å². The number of nitrogens with one attached hydrogen (secondary N) is 1. The average Bonchev–Trinajstić information content (AvgIpc) is 2.33. The highest BCUT2D eigenvalue weighted by molar-refractivity contribution is 9.10. The zero-order chi connectivity index (χ0) is 14.0. The summed E-state index contributed by atoms with van der Waals surface area (Å²) in [5.41, 5.74) is 1.29. The maximum Gasteiger partial charge on any atom is 0.146 e. The third-order valence-electron chi connectivity index (χ3n) is 2.73. The molecule has 0 bridgehead atoms. The second-order valence-electron chi connectivity index (χ2n) is 4.16. The molecule has 2 aromatic rings. The van der Waals surface area contributed by atoms with E-state index in [-0.39, 0.29) is 11.9 Å². The summed E-state index contributed by atoms with van der Waals surface area (Å²) in [5, 5.41) is 4.23. The maximum atomic E-state index is 13.7. The second-order valence-corrected chi connectivity index (χ2v) is 5.92. The Hall–Kier alpha value is -0.770. The standard InChI is InChI=1S/C14H11BrCl2FN/c1-8(11-4-3-10(16)7-12(11)17)19-14-6-9(15)2-5-13(14)18/h2-8,19H,1H3. The molecule has 2 aromatic carbocycles. The van der Waals surface area contributed by atoms with Gasteiger partial charge in [0.1, 0.15) is 5.82 Å². The van der Waals surface area contributed by atoms with Gasteiger partial charge in [0, 0.05) is 14.5 Å². The SMILES string of the molecule is CC(Nc1cc(Br)ccc1F)c1ccc(Cl)cc1Cl. The van der Waals surface area contributed by atoms with Crippen molar-refractivity contribution in [3.05, 3.63) is 62.3 Å². The van der Waals surface area contributed by atoms with Crippen molar-refractivity contribution in [2.75, 3.05) is 5.32 Å². The normalized spacial score (nSPS) is 12.3. The first kappa shape index (κ1) is 14.6. The summed E-state index contributed by atoms with van der Waals surface area (Å²) in [6, 6.07) is 9.89. The molecule has 0 saturated heterocycles. The van der Waals surface area contributed by atoms with Gasteiger partial charge >= 0.3 is 0 Å².